The minimum atomic E-state index is -0.159. The topological polar surface area (TPSA) is 80.9 Å². The molecule has 1 amide bonds. The van der Waals surface area contributed by atoms with Gasteiger partial charge in [0.25, 0.3) is 5.91 Å². The van der Waals surface area contributed by atoms with E-state index in [0.29, 0.717) is 29.9 Å². The van der Waals surface area contributed by atoms with Crippen LogP contribution in [0.5, 0.6) is 0 Å². The summed E-state index contributed by atoms with van der Waals surface area (Å²) in [6.07, 6.45) is 3.98. The summed E-state index contributed by atoms with van der Waals surface area (Å²) in [7, 11) is 0. The highest BCUT2D eigenvalue weighted by Crippen LogP contribution is 2.09. The Morgan fingerprint density at radius 2 is 2.21 bits per heavy atom. The third-order valence-electron chi connectivity index (χ3n) is 2.75. The monoisotopic (exact) mass is 256 g/mol. The van der Waals surface area contributed by atoms with Gasteiger partial charge in [-0.25, -0.2) is 0 Å². The zero-order chi connectivity index (χ0) is 13.7. The maximum atomic E-state index is 12.0. The SMILES string of the molecule is Cc1ncc(N)cc1C(=O)NCCc1ccccn1. The lowest BCUT2D eigenvalue weighted by Crippen LogP contribution is -2.27. The molecule has 0 saturated heterocycles. The fraction of sp³-hybridized carbons (Fsp3) is 0.214. The summed E-state index contributed by atoms with van der Waals surface area (Å²) in [6.45, 7) is 2.32. The predicted octanol–water partition coefficient (Wildman–Crippen LogP) is 1.34. The van der Waals surface area contributed by atoms with Crippen LogP contribution in [0, 0.1) is 6.92 Å². The van der Waals surface area contributed by atoms with E-state index in [0.717, 1.165) is 5.69 Å². The van der Waals surface area contributed by atoms with Gasteiger partial charge in [-0.2, -0.15) is 0 Å². The molecule has 5 heteroatoms. The number of carbonyl (C=O) groups is 1. The van der Waals surface area contributed by atoms with Crippen LogP contribution in [0.3, 0.4) is 0 Å². The van der Waals surface area contributed by atoms with Gasteiger partial charge in [-0.3, -0.25) is 14.8 Å². The minimum absolute atomic E-state index is 0.159. The Bertz CT molecular complexity index is 569. The Morgan fingerprint density at radius 3 is 2.95 bits per heavy atom. The fourth-order valence-electron chi connectivity index (χ4n) is 1.72. The zero-order valence-electron chi connectivity index (χ0n) is 10.8. The molecule has 0 aliphatic rings. The molecule has 0 spiro atoms. The summed E-state index contributed by atoms with van der Waals surface area (Å²) >= 11 is 0. The van der Waals surface area contributed by atoms with Crippen LogP contribution in [0.2, 0.25) is 0 Å². The molecule has 2 heterocycles. The van der Waals surface area contributed by atoms with Crippen molar-refractivity contribution in [2.45, 2.75) is 13.3 Å². The van der Waals surface area contributed by atoms with Gasteiger partial charge in [0.05, 0.1) is 23.1 Å². The number of hydrogen-bond donors (Lipinski definition) is 2. The highest BCUT2D eigenvalue weighted by atomic mass is 16.1. The van der Waals surface area contributed by atoms with Gasteiger partial charge in [0, 0.05) is 24.9 Å². The number of rotatable bonds is 4. The second-order valence-corrected chi connectivity index (χ2v) is 4.23. The van der Waals surface area contributed by atoms with Gasteiger partial charge in [0.2, 0.25) is 0 Å². The molecule has 2 aromatic rings. The van der Waals surface area contributed by atoms with Crippen molar-refractivity contribution >= 4 is 11.6 Å². The second-order valence-electron chi connectivity index (χ2n) is 4.23. The summed E-state index contributed by atoms with van der Waals surface area (Å²) in [5.74, 6) is -0.159. The molecule has 0 saturated carbocycles. The molecular weight excluding hydrogens is 240 g/mol. The summed E-state index contributed by atoms with van der Waals surface area (Å²) < 4.78 is 0. The molecule has 0 atom stereocenters. The van der Waals surface area contributed by atoms with E-state index in [4.69, 9.17) is 5.73 Å². The number of nitrogens with one attached hydrogen (secondary N) is 1. The summed E-state index contributed by atoms with van der Waals surface area (Å²) in [6, 6.07) is 7.36. The zero-order valence-corrected chi connectivity index (χ0v) is 10.8. The average Bonchev–Trinajstić information content (AvgIpc) is 2.42. The molecule has 0 unspecified atom stereocenters. The van der Waals surface area contributed by atoms with E-state index in [2.05, 4.69) is 15.3 Å². The van der Waals surface area contributed by atoms with Crippen molar-refractivity contribution in [3.8, 4) is 0 Å². The highest BCUT2D eigenvalue weighted by molar-refractivity contribution is 5.95. The number of aromatic nitrogens is 2. The first-order valence-corrected chi connectivity index (χ1v) is 6.07. The number of nitrogens with zero attached hydrogens (tertiary/aromatic N) is 2. The van der Waals surface area contributed by atoms with Crippen molar-refractivity contribution in [1.82, 2.24) is 15.3 Å². The molecule has 0 bridgehead atoms. The summed E-state index contributed by atoms with van der Waals surface area (Å²) in [5, 5.41) is 2.84. The van der Waals surface area contributed by atoms with E-state index < -0.39 is 0 Å². The van der Waals surface area contributed by atoms with Gasteiger partial charge < -0.3 is 11.1 Å². The Morgan fingerprint density at radius 1 is 1.37 bits per heavy atom. The van der Waals surface area contributed by atoms with Gasteiger partial charge in [0.1, 0.15) is 0 Å². The molecular formula is C14H16N4O. The van der Waals surface area contributed by atoms with Gasteiger partial charge >= 0.3 is 0 Å². The first-order valence-electron chi connectivity index (χ1n) is 6.07. The van der Waals surface area contributed by atoms with Crippen LogP contribution in [0.25, 0.3) is 0 Å². The quantitative estimate of drug-likeness (QED) is 0.865. The Kier molecular flexibility index (Phi) is 4.07. The minimum Gasteiger partial charge on any atom is -0.397 e. The van der Waals surface area contributed by atoms with E-state index >= 15 is 0 Å². The third kappa shape index (κ3) is 3.51. The average molecular weight is 256 g/mol. The number of anilines is 1. The molecule has 5 nitrogen and oxygen atoms in total. The largest absolute Gasteiger partial charge is 0.397 e. The lowest BCUT2D eigenvalue weighted by molar-refractivity contribution is 0.0953. The van der Waals surface area contributed by atoms with E-state index in [9.17, 15) is 4.79 Å². The maximum absolute atomic E-state index is 12.0. The molecule has 0 aliphatic heterocycles. The van der Waals surface area contributed by atoms with E-state index in [1.807, 2.05) is 18.2 Å². The molecule has 0 radical (unpaired) electrons. The van der Waals surface area contributed by atoms with E-state index in [1.165, 1.54) is 0 Å². The fourth-order valence-corrected chi connectivity index (χ4v) is 1.72. The van der Waals surface area contributed by atoms with Crippen molar-refractivity contribution < 1.29 is 4.79 Å². The standard InChI is InChI=1S/C14H16N4O/c1-10-13(8-11(15)9-18-10)14(19)17-7-5-12-4-2-3-6-16-12/h2-4,6,8-9H,5,7,15H2,1H3,(H,17,19). The number of carbonyl (C=O) groups excluding carboxylic acids is 1. The van der Waals surface area contributed by atoms with Crippen LogP contribution in [-0.4, -0.2) is 22.4 Å². The van der Waals surface area contributed by atoms with Crippen molar-refractivity contribution in [3.63, 3.8) is 0 Å². The van der Waals surface area contributed by atoms with E-state index in [-0.39, 0.29) is 5.91 Å². The van der Waals surface area contributed by atoms with Gasteiger partial charge in [-0.1, -0.05) is 6.07 Å². The van der Waals surface area contributed by atoms with Gasteiger partial charge in [-0.15, -0.1) is 0 Å². The molecule has 0 aliphatic carbocycles. The molecule has 2 rings (SSSR count). The molecule has 3 N–H and O–H groups in total. The number of aryl methyl sites for hydroxylation is 1. The number of nitrogens with two attached hydrogens (primary N) is 1. The summed E-state index contributed by atoms with van der Waals surface area (Å²) in [4.78, 5) is 20.2. The third-order valence-corrected chi connectivity index (χ3v) is 2.75. The molecule has 2 aromatic heterocycles. The number of nitrogen functional groups attached to an aromatic ring is 1. The van der Waals surface area contributed by atoms with Gasteiger partial charge in [-0.05, 0) is 25.1 Å². The van der Waals surface area contributed by atoms with Crippen LogP contribution in [0.15, 0.2) is 36.7 Å². The number of hydrogen-bond acceptors (Lipinski definition) is 4. The molecule has 0 aromatic carbocycles. The lowest BCUT2D eigenvalue weighted by Gasteiger charge is -2.07. The van der Waals surface area contributed by atoms with Crippen LogP contribution in [0.4, 0.5) is 5.69 Å². The van der Waals surface area contributed by atoms with Crippen molar-refractivity contribution in [2.24, 2.45) is 0 Å². The Hall–Kier alpha value is -2.43. The van der Waals surface area contributed by atoms with E-state index in [1.54, 1.807) is 25.4 Å². The first kappa shape index (κ1) is 13.0. The maximum Gasteiger partial charge on any atom is 0.253 e. The second kappa shape index (κ2) is 5.95. The van der Waals surface area contributed by atoms with Crippen LogP contribution in [0.1, 0.15) is 21.7 Å². The van der Waals surface area contributed by atoms with Crippen LogP contribution in [-0.2, 0) is 6.42 Å². The normalized spacial score (nSPS) is 10.2. The van der Waals surface area contributed by atoms with Crippen molar-refractivity contribution in [1.29, 1.82) is 0 Å². The Balaban J connectivity index is 1.93. The van der Waals surface area contributed by atoms with Gasteiger partial charge in [0.15, 0.2) is 0 Å². The van der Waals surface area contributed by atoms with Crippen molar-refractivity contribution in [2.75, 3.05) is 12.3 Å². The Labute approximate surface area is 111 Å². The number of pyridine rings is 2. The summed E-state index contributed by atoms with van der Waals surface area (Å²) in [5.41, 5.74) is 8.25. The molecule has 19 heavy (non-hydrogen) atoms. The lowest BCUT2D eigenvalue weighted by atomic mass is 10.1. The molecule has 98 valence electrons. The smallest absolute Gasteiger partial charge is 0.253 e. The van der Waals surface area contributed by atoms with Crippen molar-refractivity contribution in [3.05, 3.63) is 53.6 Å². The predicted molar refractivity (Wildman–Crippen MR) is 73.7 cm³/mol. The highest BCUT2D eigenvalue weighted by Gasteiger charge is 2.09. The van der Waals surface area contributed by atoms with Crippen LogP contribution >= 0.6 is 0 Å². The number of amides is 1. The molecule has 0 fully saturated rings. The first-order chi connectivity index (χ1) is 9.16. The van der Waals surface area contributed by atoms with Crippen LogP contribution < -0.4 is 11.1 Å².